The molecule has 2 aromatic carbocycles. The first-order chi connectivity index (χ1) is 15.3. The maximum Gasteiger partial charge on any atom is 0.212 e. The number of rotatable bonds is 4. The molecule has 0 amide bonds. The summed E-state index contributed by atoms with van der Waals surface area (Å²) in [4.78, 5) is 10.6. The number of nitrogens with zero attached hydrogens (tertiary/aromatic N) is 5. The molecule has 0 radical (unpaired) electrons. The molecule has 3 aromatic heterocycles. The number of hydrogen-bond acceptors (Lipinski definition) is 6. The molecule has 0 fully saturated rings. The van der Waals surface area contributed by atoms with Crippen molar-refractivity contribution in [3.05, 3.63) is 89.4 Å². The van der Waals surface area contributed by atoms with Crippen molar-refractivity contribution in [1.29, 1.82) is 0 Å². The quantitative estimate of drug-likeness (QED) is 0.450. The van der Waals surface area contributed by atoms with Gasteiger partial charge in [-0.15, -0.1) is 11.3 Å². The number of para-hydroxylation sites is 2. The van der Waals surface area contributed by atoms with Crippen molar-refractivity contribution < 1.29 is 0 Å². The third-order valence-corrected chi connectivity index (χ3v) is 6.23. The van der Waals surface area contributed by atoms with E-state index in [0.29, 0.717) is 18.5 Å². The second-order valence-electron chi connectivity index (χ2n) is 7.40. The number of benzene rings is 2. The molecule has 5 aromatic rings. The van der Waals surface area contributed by atoms with Crippen LogP contribution < -0.4 is 11.1 Å². The van der Waals surface area contributed by atoms with Crippen LogP contribution in [-0.2, 0) is 6.54 Å². The molecule has 7 nitrogen and oxygen atoms in total. The summed E-state index contributed by atoms with van der Waals surface area (Å²) in [5, 5.41) is 10.1. The Labute approximate surface area is 182 Å². The minimum atomic E-state index is -0.356. The number of anilines is 1. The highest BCUT2D eigenvalue weighted by molar-refractivity contribution is 7.13. The number of hydrogen-bond donors (Lipinski definition) is 2. The van der Waals surface area contributed by atoms with E-state index >= 15 is 0 Å². The maximum atomic E-state index is 6.16. The van der Waals surface area contributed by atoms with Crippen molar-refractivity contribution in [2.45, 2.75) is 12.7 Å². The van der Waals surface area contributed by atoms with Crippen molar-refractivity contribution in [2.75, 3.05) is 5.32 Å². The average molecular weight is 426 g/mol. The van der Waals surface area contributed by atoms with Gasteiger partial charge in [0, 0.05) is 11.8 Å². The Kier molecular flexibility index (Phi) is 4.10. The molecule has 31 heavy (non-hydrogen) atoms. The summed E-state index contributed by atoms with van der Waals surface area (Å²) < 4.78 is 4.07. The molecule has 0 bridgehead atoms. The second kappa shape index (κ2) is 7.10. The minimum Gasteiger partial charge on any atom is -0.370 e. The summed E-state index contributed by atoms with van der Waals surface area (Å²) in [5.74, 6) is 1.03. The molecular formula is C23H19N7S. The summed E-state index contributed by atoms with van der Waals surface area (Å²) >= 11 is 1.67. The van der Waals surface area contributed by atoms with Crippen LogP contribution in [0, 0.1) is 0 Å². The molecule has 0 unspecified atom stereocenters. The van der Waals surface area contributed by atoms with Crippen LogP contribution >= 0.6 is 11.3 Å². The standard InChI is InChI=1S/C23H19N7S/c24-22-26-21(30-18-10-5-4-9-17(18)25-23(30)27-22)16-14-29(13-15-7-2-1-3-8-15)28-20(16)19-11-6-12-31-19/h1-12,14,21H,13H2,(H3,24,25,26,27)/t21-/m1/s1. The largest absolute Gasteiger partial charge is 0.370 e. The van der Waals surface area contributed by atoms with E-state index in [1.54, 1.807) is 11.3 Å². The number of guanidine groups is 1. The van der Waals surface area contributed by atoms with Crippen LogP contribution in [0.4, 0.5) is 5.95 Å². The van der Waals surface area contributed by atoms with Gasteiger partial charge in [0.1, 0.15) is 5.69 Å². The van der Waals surface area contributed by atoms with Crippen LogP contribution in [0.2, 0.25) is 0 Å². The molecule has 0 saturated heterocycles. The van der Waals surface area contributed by atoms with Crippen LogP contribution in [0.25, 0.3) is 21.6 Å². The zero-order chi connectivity index (χ0) is 20.8. The number of nitrogens with two attached hydrogens (primary N) is 1. The lowest BCUT2D eigenvalue weighted by Gasteiger charge is -2.23. The van der Waals surface area contributed by atoms with E-state index in [2.05, 4.69) is 45.7 Å². The fraction of sp³-hybridized carbons (Fsp3) is 0.0870. The molecule has 0 saturated carbocycles. The molecule has 6 rings (SSSR count). The number of thiophene rings is 1. The molecule has 1 atom stereocenters. The van der Waals surface area contributed by atoms with Gasteiger partial charge >= 0.3 is 0 Å². The van der Waals surface area contributed by atoms with Crippen molar-refractivity contribution in [2.24, 2.45) is 10.7 Å². The minimum absolute atomic E-state index is 0.348. The van der Waals surface area contributed by atoms with E-state index in [1.807, 2.05) is 47.1 Å². The van der Waals surface area contributed by atoms with Gasteiger partial charge < -0.3 is 5.73 Å². The fourth-order valence-electron chi connectivity index (χ4n) is 4.01. The second-order valence-corrected chi connectivity index (χ2v) is 8.35. The highest BCUT2D eigenvalue weighted by Gasteiger charge is 2.29. The topological polar surface area (TPSA) is 86.0 Å². The summed E-state index contributed by atoms with van der Waals surface area (Å²) in [5.41, 5.74) is 11.2. The van der Waals surface area contributed by atoms with E-state index in [1.165, 1.54) is 5.56 Å². The van der Waals surface area contributed by atoms with E-state index < -0.39 is 0 Å². The molecule has 3 N–H and O–H groups in total. The Hall–Kier alpha value is -3.91. The smallest absolute Gasteiger partial charge is 0.212 e. The number of nitrogens with one attached hydrogen (secondary N) is 1. The predicted octanol–water partition coefficient (Wildman–Crippen LogP) is 4.30. The molecule has 152 valence electrons. The Morgan fingerprint density at radius 2 is 1.84 bits per heavy atom. The normalized spacial score (nSPS) is 15.5. The first-order valence-electron chi connectivity index (χ1n) is 9.99. The summed E-state index contributed by atoms with van der Waals surface area (Å²) in [6, 6.07) is 22.5. The lowest BCUT2D eigenvalue weighted by Crippen LogP contribution is -2.31. The first-order valence-corrected chi connectivity index (χ1v) is 10.9. The fourth-order valence-corrected chi connectivity index (χ4v) is 4.74. The lowest BCUT2D eigenvalue weighted by atomic mass is 10.1. The van der Waals surface area contributed by atoms with Crippen LogP contribution in [0.3, 0.4) is 0 Å². The van der Waals surface area contributed by atoms with Gasteiger partial charge in [-0.2, -0.15) is 5.10 Å². The Bertz CT molecular complexity index is 1400. The van der Waals surface area contributed by atoms with Crippen molar-refractivity contribution in [3.8, 4) is 10.6 Å². The maximum absolute atomic E-state index is 6.16. The number of fused-ring (bicyclic) bond motifs is 3. The van der Waals surface area contributed by atoms with E-state index in [4.69, 9.17) is 20.8 Å². The van der Waals surface area contributed by atoms with Gasteiger partial charge in [0.15, 0.2) is 12.1 Å². The number of imidazole rings is 1. The Morgan fingerprint density at radius 1 is 1.00 bits per heavy atom. The van der Waals surface area contributed by atoms with E-state index in [9.17, 15) is 0 Å². The van der Waals surface area contributed by atoms with Crippen molar-refractivity contribution in [1.82, 2.24) is 19.3 Å². The van der Waals surface area contributed by atoms with Gasteiger partial charge in [-0.3, -0.25) is 14.6 Å². The predicted molar refractivity (Wildman–Crippen MR) is 124 cm³/mol. The average Bonchev–Trinajstić information content (AvgIpc) is 3.52. The van der Waals surface area contributed by atoms with Crippen molar-refractivity contribution >= 4 is 34.3 Å². The Balaban J connectivity index is 1.53. The molecule has 8 heteroatoms. The molecule has 0 spiro atoms. The monoisotopic (exact) mass is 425 g/mol. The van der Waals surface area contributed by atoms with Crippen LogP contribution in [0.15, 0.2) is 83.3 Å². The third kappa shape index (κ3) is 3.08. The molecular weight excluding hydrogens is 406 g/mol. The van der Waals surface area contributed by atoms with Gasteiger partial charge in [-0.25, -0.2) is 9.98 Å². The van der Waals surface area contributed by atoms with Crippen LogP contribution in [-0.4, -0.2) is 25.3 Å². The van der Waals surface area contributed by atoms with Gasteiger partial charge in [0.2, 0.25) is 5.95 Å². The molecule has 4 heterocycles. The molecule has 1 aliphatic heterocycles. The lowest BCUT2D eigenvalue weighted by molar-refractivity contribution is 0.623. The van der Waals surface area contributed by atoms with Crippen molar-refractivity contribution in [3.63, 3.8) is 0 Å². The highest BCUT2D eigenvalue weighted by atomic mass is 32.1. The first kappa shape index (κ1) is 17.9. The molecule has 0 aliphatic carbocycles. The zero-order valence-corrected chi connectivity index (χ0v) is 17.3. The summed E-state index contributed by atoms with van der Waals surface area (Å²) in [6.45, 7) is 0.681. The summed E-state index contributed by atoms with van der Waals surface area (Å²) in [6.07, 6.45) is 1.72. The van der Waals surface area contributed by atoms with Gasteiger partial charge in [0.05, 0.1) is 22.5 Å². The van der Waals surface area contributed by atoms with Gasteiger partial charge in [-0.1, -0.05) is 48.5 Å². The Morgan fingerprint density at radius 3 is 2.68 bits per heavy atom. The van der Waals surface area contributed by atoms with Crippen LogP contribution in [0.1, 0.15) is 17.3 Å². The van der Waals surface area contributed by atoms with E-state index in [0.717, 1.165) is 27.2 Å². The van der Waals surface area contributed by atoms with Gasteiger partial charge in [0.25, 0.3) is 0 Å². The zero-order valence-electron chi connectivity index (χ0n) is 16.5. The SMILES string of the molecule is NC1=N[C@@H](c2cn(Cc3ccccc3)nc2-c2cccs2)n2c(nc3ccccc32)N1. The van der Waals surface area contributed by atoms with Gasteiger partial charge in [-0.05, 0) is 29.1 Å². The highest BCUT2D eigenvalue weighted by Crippen LogP contribution is 2.37. The third-order valence-electron chi connectivity index (χ3n) is 5.35. The number of aliphatic imine (C=N–C) groups is 1. The van der Waals surface area contributed by atoms with Crippen LogP contribution in [0.5, 0.6) is 0 Å². The van der Waals surface area contributed by atoms with E-state index in [-0.39, 0.29) is 6.17 Å². The summed E-state index contributed by atoms with van der Waals surface area (Å²) in [7, 11) is 0. The molecule has 1 aliphatic rings. The number of aromatic nitrogens is 4.